The first kappa shape index (κ1) is 14.7. The molecule has 2 rings (SSSR count). The third-order valence-corrected chi connectivity index (χ3v) is 2.87. The van der Waals surface area contributed by atoms with Gasteiger partial charge in [-0.3, -0.25) is 0 Å². The normalized spacial score (nSPS) is 10.6. The van der Waals surface area contributed by atoms with Crippen LogP contribution in [0.1, 0.15) is 5.56 Å². The maximum absolute atomic E-state index is 10.5. The number of anilines is 1. The second-order valence-electron chi connectivity index (χ2n) is 4.73. The quantitative estimate of drug-likeness (QED) is 0.851. The summed E-state index contributed by atoms with van der Waals surface area (Å²) in [4.78, 5) is 12.5. The minimum Gasteiger partial charge on any atom is -0.478 e. The molecule has 4 heteroatoms. The Bertz CT molecular complexity index is 645. The molecule has 0 aliphatic rings. The van der Waals surface area contributed by atoms with E-state index < -0.39 is 5.97 Å². The van der Waals surface area contributed by atoms with Gasteiger partial charge in [0.25, 0.3) is 0 Å². The Kier molecular flexibility index (Phi) is 4.61. The molecule has 0 aliphatic carbocycles. The Morgan fingerprint density at radius 2 is 1.81 bits per heavy atom. The Balaban J connectivity index is 2.10. The van der Waals surface area contributed by atoms with Crippen LogP contribution >= 0.6 is 0 Å². The Hall–Kier alpha value is -2.75. The van der Waals surface area contributed by atoms with Gasteiger partial charge in [-0.05, 0) is 35.9 Å². The van der Waals surface area contributed by atoms with E-state index in [0.717, 1.165) is 23.1 Å². The van der Waals surface area contributed by atoms with E-state index in [9.17, 15) is 4.79 Å². The lowest BCUT2D eigenvalue weighted by Crippen LogP contribution is -2.08. The predicted molar refractivity (Wildman–Crippen MR) is 84.0 cm³/mol. The van der Waals surface area contributed by atoms with E-state index in [4.69, 9.17) is 9.84 Å². The van der Waals surface area contributed by atoms with Gasteiger partial charge in [0, 0.05) is 31.9 Å². The second-order valence-corrected chi connectivity index (χ2v) is 4.73. The highest BCUT2D eigenvalue weighted by atomic mass is 16.5. The van der Waals surface area contributed by atoms with Crippen LogP contribution in [-0.4, -0.2) is 25.2 Å². The van der Waals surface area contributed by atoms with Gasteiger partial charge in [-0.15, -0.1) is 0 Å². The number of aliphatic carboxylic acids is 1. The number of hydrogen-bond donors (Lipinski definition) is 1. The summed E-state index contributed by atoms with van der Waals surface area (Å²) in [6.45, 7) is 0. The second kappa shape index (κ2) is 6.61. The zero-order valence-corrected chi connectivity index (χ0v) is 12.0. The van der Waals surface area contributed by atoms with Crippen LogP contribution in [0.5, 0.6) is 11.5 Å². The first-order valence-corrected chi connectivity index (χ1v) is 6.51. The Morgan fingerprint density at radius 3 is 2.43 bits per heavy atom. The van der Waals surface area contributed by atoms with Crippen molar-refractivity contribution >= 4 is 17.7 Å². The molecule has 0 saturated heterocycles. The van der Waals surface area contributed by atoms with E-state index in [2.05, 4.69) is 0 Å². The molecule has 0 aliphatic heterocycles. The molecule has 2 aromatic rings. The fraction of sp³-hybridized carbons (Fsp3) is 0.118. The maximum Gasteiger partial charge on any atom is 0.328 e. The Labute approximate surface area is 123 Å². The van der Waals surface area contributed by atoms with Crippen LogP contribution in [0.2, 0.25) is 0 Å². The third kappa shape index (κ3) is 4.38. The van der Waals surface area contributed by atoms with E-state index in [1.165, 1.54) is 0 Å². The fourth-order valence-corrected chi connectivity index (χ4v) is 1.78. The first-order chi connectivity index (χ1) is 10.0. The van der Waals surface area contributed by atoms with E-state index in [1.807, 2.05) is 67.5 Å². The van der Waals surface area contributed by atoms with Crippen LogP contribution < -0.4 is 9.64 Å². The zero-order valence-electron chi connectivity index (χ0n) is 12.0. The Morgan fingerprint density at radius 1 is 1.10 bits per heavy atom. The van der Waals surface area contributed by atoms with E-state index in [1.54, 1.807) is 6.08 Å². The molecule has 0 radical (unpaired) electrons. The largest absolute Gasteiger partial charge is 0.478 e. The molecule has 0 unspecified atom stereocenters. The molecular formula is C17H17NO3. The van der Waals surface area contributed by atoms with Gasteiger partial charge in [0.2, 0.25) is 0 Å². The van der Waals surface area contributed by atoms with Gasteiger partial charge >= 0.3 is 5.97 Å². The van der Waals surface area contributed by atoms with Crippen LogP contribution in [-0.2, 0) is 4.79 Å². The molecule has 0 spiro atoms. The minimum absolute atomic E-state index is 0.707. The van der Waals surface area contributed by atoms with Crippen molar-refractivity contribution in [2.45, 2.75) is 0 Å². The van der Waals surface area contributed by atoms with Crippen molar-refractivity contribution in [2.24, 2.45) is 0 Å². The van der Waals surface area contributed by atoms with Gasteiger partial charge in [0.05, 0.1) is 0 Å². The summed E-state index contributed by atoms with van der Waals surface area (Å²) in [5, 5.41) is 8.58. The minimum atomic E-state index is -0.962. The lowest BCUT2D eigenvalue weighted by Gasteiger charge is -2.14. The zero-order chi connectivity index (χ0) is 15.2. The van der Waals surface area contributed by atoms with Gasteiger partial charge in [0.15, 0.2) is 0 Å². The van der Waals surface area contributed by atoms with E-state index >= 15 is 0 Å². The van der Waals surface area contributed by atoms with Crippen molar-refractivity contribution in [3.05, 3.63) is 60.2 Å². The monoisotopic (exact) mass is 283 g/mol. The average molecular weight is 283 g/mol. The van der Waals surface area contributed by atoms with Crippen molar-refractivity contribution in [3.8, 4) is 11.5 Å². The first-order valence-electron chi connectivity index (χ1n) is 6.51. The number of benzene rings is 2. The van der Waals surface area contributed by atoms with Crippen LogP contribution in [0.4, 0.5) is 5.69 Å². The van der Waals surface area contributed by atoms with E-state index in [0.29, 0.717) is 5.75 Å². The van der Waals surface area contributed by atoms with Crippen LogP contribution in [0, 0.1) is 0 Å². The van der Waals surface area contributed by atoms with Crippen LogP contribution in [0.15, 0.2) is 54.6 Å². The maximum atomic E-state index is 10.5. The highest BCUT2D eigenvalue weighted by Crippen LogP contribution is 2.25. The molecule has 0 bridgehead atoms. The molecule has 108 valence electrons. The van der Waals surface area contributed by atoms with Gasteiger partial charge in [-0.25, -0.2) is 4.79 Å². The van der Waals surface area contributed by atoms with Gasteiger partial charge in [-0.1, -0.05) is 18.2 Å². The summed E-state index contributed by atoms with van der Waals surface area (Å²) in [6.07, 6.45) is 2.65. The highest BCUT2D eigenvalue weighted by Gasteiger charge is 2.00. The number of carboxylic acid groups (broad SMARTS) is 1. The van der Waals surface area contributed by atoms with Crippen molar-refractivity contribution in [2.75, 3.05) is 19.0 Å². The van der Waals surface area contributed by atoms with Crippen molar-refractivity contribution < 1.29 is 14.6 Å². The molecule has 1 N–H and O–H groups in total. The average Bonchev–Trinajstić information content (AvgIpc) is 2.47. The lowest BCUT2D eigenvalue weighted by molar-refractivity contribution is -0.131. The smallest absolute Gasteiger partial charge is 0.328 e. The van der Waals surface area contributed by atoms with Gasteiger partial charge in [0.1, 0.15) is 11.5 Å². The summed E-state index contributed by atoms with van der Waals surface area (Å²) < 4.78 is 5.78. The molecule has 0 saturated carbocycles. The summed E-state index contributed by atoms with van der Waals surface area (Å²) >= 11 is 0. The summed E-state index contributed by atoms with van der Waals surface area (Å²) in [7, 11) is 3.95. The number of carboxylic acids is 1. The molecular weight excluding hydrogens is 266 g/mol. The molecule has 0 heterocycles. The SMILES string of the molecule is CN(C)c1cccc(Oc2ccc(/C=C/C(=O)O)cc2)c1. The summed E-state index contributed by atoms with van der Waals surface area (Å²) in [5.74, 6) is 0.504. The molecule has 0 aromatic heterocycles. The lowest BCUT2D eigenvalue weighted by atomic mass is 10.2. The van der Waals surface area contributed by atoms with Crippen LogP contribution in [0.25, 0.3) is 6.08 Å². The predicted octanol–water partition coefficient (Wildman–Crippen LogP) is 3.64. The van der Waals surface area contributed by atoms with Gasteiger partial charge in [-0.2, -0.15) is 0 Å². The van der Waals surface area contributed by atoms with E-state index in [-0.39, 0.29) is 0 Å². The van der Waals surface area contributed by atoms with Crippen molar-refractivity contribution in [1.29, 1.82) is 0 Å². The number of carbonyl (C=O) groups is 1. The molecule has 0 amide bonds. The standard InChI is InChI=1S/C17H17NO3/c1-18(2)14-4-3-5-16(12-14)21-15-9-6-13(7-10-15)8-11-17(19)20/h3-12H,1-2H3,(H,19,20)/b11-8+. The molecule has 21 heavy (non-hydrogen) atoms. The third-order valence-electron chi connectivity index (χ3n) is 2.87. The summed E-state index contributed by atoms with van der Waals surface area (Å²) in [5.41, 5.74) is 1.88. The molecule has 0 fully saturated rings. The topological polar surface area (TPSA) is 49.8 Å². The van der Waals surface area contributed by atoms with Crippen molar-refractivity contribution in [3.63, 3.8) is 0 Å². The molecule has 2 aromatic carbocycles. The number of rotatable bonds is 5. The van der Waals surface area contributed by atoms with Crippen LogP contribution in [0.3, 0.4) is 0 Å². The molecule has 4 nitrogen and oxygen atoms in total. The van der Waals surface area contributed by atoms with Gasteiger partial charge < -0.3 is 14.7 Å². The summed E-state index contributed by atoms with van der Waals surface area (Å²) in [6, 6.07) is 15.0. The fourth-order valence-electron chi connectivity index (χ4n) is 1.78. The number of hydrogen-bond acceptors (Lipinski definition) is 3. The number of nitrogens with zero attached hydrogens (tertiary/aromatic N) is 1. The van der Waals surface area contributed by atoms with Crippen molar-refractivity contribution in [1.82, 2.24) is 0 Å². The highest BCUT2D eigenvalue weighted by molar-refractivity contribution is 5.85. The molecule has 0 atom stereocenters. The number of ether oxygens (including phenoxy) is 1.